The van der Waals surface area contributed by atoms with Crippen LogP contribution in [0.1, 0.15) is 36.8 Å². The van der Waals surface area contributed by atoms with E-state index in [4.69, 9.17) is 15.9 Å². The van der Waals surface area contributed by atoms with Crippen LogP contribution in [0.15, 0.2) is 48.5 Å². The number of nitrogens with one attached hydrogen (secondary N) is 2. The number of methoxy groups -OCH3 is 1. The van der Waals surface area contributed by atoms with Gasteiger partial charge in [-0.1, -0.05) is 55.5 Å². The van der Waals surface area contributed by atoms with Crippen molar-refractivity contribution in [3.05, 3.63) is 59.7 Å². The second-order valence-electron chi connectivity index (χ2n) is 8.09. The lowest BCUT2D eigenvalue weighted by Crippen LogP contribution is -2.61. The maximum atomic E-state index is 12.8. The highest BCUT2D eigenvalue weighted by molar-refractivity contribution is 5.91. The molecule has 2 aromatic carbocycles. The minimum atomic E-state index is -1.64. The van der Waals surface area contributed by atoms with E-state index in [2.05, 4.69) is 16.6 Å². The lowest BCUT2D eigenvalue weighted by atomic mass is 9.96. The largest absolute Gasteiger partial charge is 0.479 e. The van der Waals surface area contributed by atoms with E-state index in [0.717, 1.165) is 22.3 Å². The van der Waals surface area contributed by atoms with E-state index in [-0.39, 0.29) is 32.0 Å². The zero-order valence-electron chi connectivity index (χ0n) is 19.2. The minimum absolute atomic E-state index is 0.0714. The first-order chi connectivity index (χ1) is 16.4. The molecule has 0 aromatic heterocycles. The molecule has 2 unspecified atom stereocenters. The molecule has 8 nitrogen and oxygen atoms in total. The predicted molar refractivity (Wildman–Crippen MR) is 126 cm³/mol. The molecule has 3 rings (SSSR count). The van der Waals surface area contributed by atoms with Crippen LogP contribution < -0.4 is 10.6 Å². The third kappa shape index (κ3) is 5.05. The summed E-state index contributed by atoms with van der Waals surface area (Å²) in [5.41, 5.74) is 2.67. The Hall–Kier alpha value is -3.83. The standard InChI is InChI=1S/C26H28N2O6/c1-4-10-22(23(29)28-26(5-2,16-33-3)24(30)31)27-25(32)34-15-21-19-13-8-6-11-17(19)18-12-7-9-14-20(18)21/h1,6-9,11-14,21-22H,5,10,15-16H2,2-3H3,(H,27,32)(H,28,29)(H,30,31). The molecule has 0 bridgehead atoms. The van der Waals surface area contributed by atoms with Crippen molar-refractivity contribution in [2.24, 2.45) is 0 Å². The number of fused-ring (bicyclic) bond motifs is 3. The van der Waals surface area contributed by atoms with E-state index in [1.807, 2.05) is 48.5 Å². The molecule has 178 valence electrons. The molecule has 0 heterocycles. The van der Waals surface area contributed by atoms with Crippen molar-refractivity contribution in [3.63, 3.8) is 0 Å². The maximum Gasteiger partial charge on any atom is 0.407 e. The minimum Gasteiger partial charge on any atom is -0.479 e. The highest BCUT2D eigenvalue weighted by Gasteiger charge is 2.40. The molecule has 2 atom stereocenters. The van der Waals surface area contributed by atoms with Crippen LogP contribution in [0.25, 0.3) is 11.1 Å². The van der Waals surface area contributed by atoms with Crippen molar-refractivity contribution < 1.29 is 29.0 Å². The molecule has 1 aliphatic rings. The first-order valence-corrected chi connectivity index (χ1v) is 11.0. The lowest BCUT2D eigenvalue weighted by molar-refractivity contribution is -0.150. The van der Waals surface area contributed by atoms with Crippen LogP contribution in [0.5, 0.6) is 0 Å². The number of amides is 2. The average molecular weight is 465 g/mol. The van der Waals surface area contributed by atoms with Crippen molar-refractivity contribution in [1.29, 1.82) is 0 Å². The van der Waals surface area contributed by atoms with Gasteiger partial charge in [-0.05, 0) is 28.7 Å². The van der Waals surface area contributed by atoms with Crippen molar-refractivity contribution in [2.75, 3.05) is 20.3 Å². The Morgan fingerprint density at radius 1 is 1.12 bits per heavy atom. The zero-order valence-corrected chi connectivity index (χ0v) is 19.2. The van der Waals surface area contributed by atoms with Crippen LogP contribution in [0.3, 0.4) is 0 Å². The molecule has 0 saturated heterocycles. The van der Waals surface area contributed by atoms with Crippen LogP contribution in [0.4, 0.5) is 4.79 Å². The van der Waals surface area contributed by atoms with E-state index >= 15 is 0 Å². The summed E-state index contributed by atoms with van der Waals surface area (Å²) < 4.78 is 10.5. The Balaban J connectivity index is 1.68. The zero-order chi connectivity index (χ0) is 24.7. The molecule has 3 N–H and O–H groups in total. The van der Waals surface area contributed by atoms with Crippen LogP contribution in [-0.4, -0.2) is 55.0 Å². The van der Waals surface area contributed by atoms with Crippen LogP contribution in [0.2, 0.25) is 0 Å². The normalized spacial score (nSPS) is 14.6. The van der Waals surface area contributed by atoms with Crippen molar-refractivity contribution >= 4 is 18.0 Å². The summed E-state index contributed by atoms with van der Waals surface area (Å²) in [5, 5.41) is 14.5. The maximum absolute atomic E-state index is 12.8. The molecule has 1 aliphatic carbocycles. The van der Waals surface area contributed by atoms with Crippen molar-refractivity contribution in [1.82, 2.24) is 10.6 Å². The van der Waals surface area contributed by atoms with Gasteiger partial charge in [-0.15, -0.1) is 12.3 Å². The van der Waals surface area contributed by atoms with Crippen LogP contribution in [-0.2, 0) is 19.1 Å². The van der Waals surface area contributed by atoms with Gasteiger partial charge in [0.1, 0.15) is 12.6 Å². The molecular weight excluding hydrogens is 436 g/mol. The third-order valence-corrected chi connectivity index (χ3v) is 6.04. The Morgan fingerprint density at radius 2 is 1.71 bits per heavy atom. The summed E-state index contributed by atoms with van der Waals surface area (Å²) in [7, 11) is 1.34. The number of aliphatic carboxylic acids is 1. The molecule has 0 spiro atoms. The summed E-state index contributed by atoms with van der Waals surface area (Å²) >= 11 is 0. The summed E-state index contributed by atoms with van der Waals surface area (Å²) in [4.78, 5) is 37.2. The fourth-order valence-corrected chi connectivity index (χ4v) is 4.17. The van der Waals surface area contributed by atoms with Gasteiger partial charge in [-0.2, -0.15) is 0 Å². The summed E-state index contributed by atoms with van der Waals surface area (Å²) in [5.74, 6) is 0.220. The van der Waals surface area contributed by atoms with Gasteiger partial charge < -0.3 is 25.2 Å². The molecule has 0 saturated carbocycles. The number of hydrogen-bond acceptors (Lipinski definition) is 5. The van der Waals surface area contributed by atoms with E-state index in [0.29, 0.717) is 0 Å². The second-order valence-corrected chi connectivity index (χ2v) is 8.09. The van der Waals surface area contributed by atoms with Crippen LogP contribution in [0, 0.1) is 12.3 Å². The van der Waals surface area contributed by atoms with Crippen molar-refractivity contribution in [2.45, 2.75) is 37.3 Å². The Labute approximate surface area is 198 Å². The van der Waals surface area contributed by atoms with Gasteiger partial charge in [-0.3, -0.25) is 4.79 Å². The number of carboxylic acids is 1. The van der Waals surface area contributed by atoms with Gasteiger partial charge in [0.25, 0.3) is 0 Å². The number of terminal acetylenes is 1. The highest BCUT2D eigenvalue weighted by Crippen LogP contribution is 2.44. The van der Waals surface area contributed by atoms with Gasteiger partial charge >= 0.3 is 12.1 Å². The number of alkyl carbamates (subject to hydrolysis) is 1. The fraction of sp³-hybridized carbons (Fsp3) is 0.346. The van der Waals surface area contributed by atoms with Gasteiger partial charge in [0.05, 0.1) is 6.61 Å². The topological polar surface area (TPSA) is 114 Å². The van der Waals surface area contributed by atoms with E-state index < -0.39 is 29.6 Å². The number of rotatable bonds is 10. The molecule has 2 amide bonds. The molecule has 34 heavy (non-hydrogen) atoms. The fourth-order valence-electron chi connectivity index (χ4n) is 4.17. The summed E-state index contributed by atoms with van der Waals surface area (Å²) in [6.45, 7) is 1.45. The number of ether oxygens (including phenoxy) is 2. The Bertz CT molecular complexity index is 1060. The predicted octanol–water partition coefficient (Wildman–Crippen LogP) is 2.91. The Morgan fingerprint density at radius 3 is 2.21 bits per heavy atom. The lowest BCUT2D eigenvalue weighted by Gasteiger charge is -2.30. The number of carbonyl (C=O) groups is 3. The molecule has 0 radical (unpaired) electrons. The highest BCUT2D eigenvalue weighted by atomic mass is 16.5. The van der Waals surface area contributed by atoms with E-state index in [9.17, 15) is 19.5 Å². The monoisotopic (exact) mass is 464 g/mol. The number of carbonyl (C=O) groups excluding carboxylic acids is 2. The molecular formula is C26H28N2O6. The first kappa shape index (κ1) is 24.8. The quantitative estimate of drug-likeness (QED) is 0.466. The van der Waals surface area contributed by atoms with Gasteiger partial charge in [0.2, 0.25) is 5.91 Å². The molecule has 0 fully saturated rings. The summed E-state index contributed by atoms with van der Waals surface area (Å²) in [6, 6.07) is 14.7. The molecule has 2 aromatic rings. The number of carboxylic acid groups (broad SMARTS) is 1. The smallest absolute Gasteiger partial charge is 0.407 e. The summed E-state index contributed by atoms with van der Waals surface area (Å²) in [6.07, 6.45) is 4.50. The average Bonchev–Trinajstić information content (AvgIpc) is 3.15. The number of hydrogen-bond donors (Lipinski definition) is 3. The first-order valence-electron chi connectivity index (χ1n) is 11.0. The third-order valence-electron chi connectivity index (χ3n) is 6.04. The second kappa shape index (κ2) is 10.9. The van der Waals surface area contributed by atoms with Gasteiger partial charge in [-0.25, -0.2) is 9.59 Å². The van der Waals surface area contributed by atoms with Gasteiger partial charge in [0.15, 0.2) is 5.54 Å². The van der Waals surface area contributed by atoms with Gasteiger partial charge in [0, 0.05) is 19.4 Å². The Kier molecular flexibility index (Phi) is 7.92. The van der Waals surface area contributed by atoms with E-state index in [1.54, 1.807) is 6.92 Å². The SMILES string of the molecule is C#CCC(NC(=O)OCC1c2ccccc2-c2ccccc21)C(=O)NC(CC)(COC)C(=O)O. The van der Waals surface area contributed by atoms with E-state index in [1.165, 1.54) is 7.11 Å². The van der Waals surface area contributed by atoms with Crippen LogP contribution >= 0.6 is 0 Å². The molecule has 0 aliphatic heterocycles. The number of benzene rings is 2. The molecule has 8 heteroatoms. The van der Waals surface area contributed by atoms with Crippen molar-refractivity contribution in [3.8, 4) is 23.5 Å².